The Hall–Kier alpha value is -0.150. The van der Waals surface area contributed by atoms with Gasteiger partial charge in [0.25, 0.3) is 0 Å². The Morgan fingerprint density at radius 1 is 1.50 bits per heavy atom. The number of rotatable bonds is 5. The number of aliphatic hydroxyl groups is 1. The van der Waals surface area contributed by atoms with Crippen molar-refractivity contribution < 1.29 is 18.7 Å². The molecule has 4 nitrogen and oxygen atoms in total. The van der Waals surface area contributed by atoms with E-state index in [2.05, 4.69) is 15.6 Å². The van der Waals surface area contributed by atoms with E-state index in [1.165, 1.54) is 20.3 Å². The quantitative estimate of drug-likeness (QED) is 0.533. The van der Waals surface area contributed by atoms with E-state index in [1.807, 2.05) is 0 Å². The van der Waals surface area contributed by atoms with Crippen LogP contribution in [0.25, 0.3) is 0 Å². The van der Waals surface area contributed by atoms with Gasteiger partial charge in [0.05, 0.1) is 0 Å². The van der Waals surface area contributed by atoms with Crippen molar-refractivity contribution in [2.45, 2.75) is 12.8 Å². The Labute approximate surface area is 72.7 Å². The molecule has 0 aromatic heterocycles. The monoisotopic (exact) mass is 194 g/mol. The minimum atomic E-state index is -3.36. The molecule has 0 bridgehead atoms. The van der Waals surface area contributed by atoms with Crippen LogP contribution in [0.5, 0.6) is 0 Å². The summed E-state index contributed by atoms with van der Waals surface area (Å²) < 4.78 is 20.7. The normalized spacial score (nSPS) is 17.0. The summed E-state index contributed by atoms with van der Waals surface area (Å²) in [5, 5.41) is 9.45. The third-order valence-electron chi connectivity index (χ3n) is 1.68. The highest BCUT2D eigenvalue weighted by molar-refractivity contribution is 7.54. The summed E-state index contributed by atoms with van der Waals surface area (Å²) >= 11 is 0. The summed E-state index contributed by atoms with van der Waals surface area (Å²) in [6.07, 6.45) is 1.50. The Morgan fingerprint density at radius 3 is 2.17 bits per heavy atom. The fourth-order valence-electron chi connectivity index (χ4n) is 0.700. The van der Waals surface area contributed by atoms with Gasteiger partial charge < -0.3 is 14.2 Å². The lowest BCUT2D eigenvalue weighted by molar-refractivity contribution is 0.150. The van der Waals surface area contributed by atoms with Gasteiger partial charge in [-0.25, -0.2) is 0 Å². The first-order valence-electron chi connectivity index (χ1n) is 3.53. The highest BCUT2D eigenvalue weighted by Crippen LogP contribution is 2.52. The van der Waals surface area contributed by atoms with Crippen LogP contribution in [0.3, 0.4) is 0 Å². The molecule has 72 valence electrons. The van der Waals surface area contributed by atoms with Gasteiger partial charge in [0.15, 0.2) is 5.85 Å². The summed E-state index contributed by atoms with van der Waals surface area (Å²) in [6.45, 7) is 5.15. The molecule has 1 N–H and O–H groups in total. The van der Waals surface area contributed by atoms with Gasteiger partial charge in [-0.05, 0) is 0 Å². The molecule has 0 aromatic carbocycles. The largest absolute Gasteiger partial charge is 0.380 e. The van der Waals surface area contributed by atoms with Crippen molar-refractivity contribution in [2.75, 3.05) is 14.2 Å². The van der Waals surface area contributed by atoms with Crippen LogP contribution in [-0.2, 0) is 13.6 Å². The zero-order valence-electron chi connectivity index (χ0n) is 7.56. The van der Waals surface area contributed by atoms with Gasteiger partial charge in [0.1, 0.15) is 0 Å². The Kier molecular flexibility index (Phi) is 4.71. The number of aliphatic hydroxyl groups excluding tert-OH is 1. The average Bonchev–Trinajstić information content (AvgIpc) is 2.14. The second-order valence-electron chi connectivity index (χ2n) is 2.41. The van der Waals surface area contributed by atoms with E-state index in [0.29, 0.717) is 0 Å². The lowest BCUT2D eigenvalue weighted by Gasteiger charge is -2.22. The molecular weight excluding hydrogens is 179 g/mol. The lowest BCUT2D eigenvalue weighted by atomic mass is 10.2. The minimum Gasteiger partial charge on any atom is -0.380 e. The predicted molar refractivity (Wildman–Crippen MR) is 47.0 cm³/mol. The Morgan fingerprint density at radius 2 is 1.92 bits per heavy atom. The maximum atomic E-state index is 11.5. The second-order valence-corrected chi connectivity index (χ2v) is 4.75. The van der Waals surface area contributed by atoms with Crippen molar-refractivity contribution >= 4 is 7.60 Å². The molecule has 0 fully saturated rings. The summed E-state index contributed by atoms with van der Waals surface area (Å²) in [5.41, 5.74) is 0. The van der Waals surface area contributed by atoms with E-state index in [-0.39, 0.29) is 5.92 Å². The SMILES string of the molecule is C=C[C@H](C)[C@H](O)P(=O)(OC)OC. The van der Waals surface area contributed by atoms with Crippen LogP contribution in [0.15, 0.2) is 12.7 Å². The first-order chi connectivity index (χ1) is 5.51. The van der Waals surface area contributed by atoms with E-state index in [0.717, 1.165) is 0 Å². The topological polar surface area (TPSA) is 55.8 Å². The van der Waals surface area contributed by atoms with Gasteiger partial charge in [-0.2, -0.15) is 0 Å². The third kappa shape index (κ3) is 2.42. The zero-order chi connectivity index (χ0) is 9.78. The molecule has 2 atom stereocenters. The average molecular weight is 194 g/mol. The van der Waals surface area contributed by atoms with E-state index in [9.17, 15) is 9.67 Å². The zero-order valence-corrected chi connectivity index (χ0v) is 8.45. The van der Waals surface area contributed by atoms with Crippen LogP contribution in [0, 0.1) is 5.92 Å². The summed E-state index contributed by atoms with van der Waals surface area (Å²) in [5.74, 6) is -1.47. The Bertz CT molecular complexity index is 184. The van der Waals surface area contributed by atoms with Crippen molar-refractivity contribution in [3.8, 4) is 0 Å². The van der Waals surface area contributed by atoms with Gasteiger partial charge in [-0.3, -0.25) is 4.57 Å². The Balaban J connectivity index is 4.52. The van der Waals surface area contributed by atoms with Crippen LogP contribution in [-0.4, -0.2) is 25.2 Å². The number of hydrogen-bond donors (Lipinski definition) is 1. The van der Waals surface area contributed by atoms with Crippen LogP contribution in [0.1, 0.15) is 6.92 Å². The highest BCUT2D eigenvalue weighted by Gasteiger charge is 2.35. The van der Waals surface area contributed by atoms with Crippen molar-refractivity contribution in [3.63, 3.8) is 0 Å². The maximum Gasteiger partial charge on any atom is 0.358 e. The fraction of sp³-hybridized carbons (Fsp3) is 0.714. The minimum absolute atomic E-state index is 0.323. The van der Waals surface area contributed by atoms with Gasteiger partial charge in [0.2, 0.25) is 0 Å². The molecule has 0 radical (unpaired) electrons. The molecule has 12 heavy (non-hydrogen) atoms. The van der Waals surface area contributed by atoms with E-state index in [4.69, 9.17) is 0 Å². The van der Waals surface area contributed by atoms with E-state index < -0.39 is 13.4 Å². The fourth-order valence-corrected chi connectivity index (χ4v) is 1.98. The first-order valence-corrected chi connectivity index (χ1v) is 5.14. The highest BCUT2D eigenvalue weighted by atomic mass is 31.2. The van der Waals surface area contributed by atoms with Gasteiger partial charge >= 0.3 is 7.60 Å². The predicted octanol–water partition coefficient (Wildman–Crippen LogP) is 1.61. The molecule has 0 saturated heterocycles. The summed E-state index contributed by atoms with van der Waals surface area (Å²) in [4.78, 5) is 0. The van der Waals surface area contributed by atoms with Crippen molar-refractivity contribution in [1.82, 2.24) is 0 Å². The van der Waals surface area contributed by atoms with E-state index in [1.54, 1.807) is 6.92 Å². The molecule has 0 aliphatic rings. The van der Waals surface area contributed by atoms with Gasteiger partial charge in [-0.1, -0.05) is 13.0 Å². The van der Waals surface area contributed by atoms with Crippen LogP contribution in [0.2, 0.25) is 0 Å². The smallest absolute Gasteiger partial charge is 0.358 e. The standard InChI is InChI=1S/C7H15O4P/c1-5-6(2)7(8)12(9,10-3)11-4/h5-8H,1H2,2-4H3/t6-,7+/m0/s1. The molecule has 5 heteroatoms. The summed E-state index contributed by atoms with van der Waals surface area (Å²) in [6, 6.07) is 0. The lowest BCUT2D eigenvalue weighted by Crippen LogP contribution is -2.17. The van der Waals surface area contributed by atoms with Crippen LogP contribution in [0.4, 0.5) is 0 Å². The van der Waals surface area contributed by atoms with E-state index >= 15 is 0 Å². The molecule has 0 saturated carbocycles. The molecule has 0 unspecified atom stereocenters. The first kappa shape index (κ1) is 11.8. The van der Waals surface area contributed by atoms with Crippen LogP contribution >= 0.6 is 7.60 Å². The molecule has 0 amide bonds. The van der Waals surface area contributed by atoms with Crippen molar-refractivity contribution in [3.05, 3.63) is 12.7 Å². The molecule has 0 rings (SSSR count). The molecule has 0 aromatic rings. The summed E-state index contributed by atoms with van der Waals surface area (Å²) in [7, 11) is -0.882. The van der Waals surface area contributed by atoms with Crippen molar-refractivity contribution in [2.24, 2.45) is 5.92 Å². The van der Waals surface area contributed by atoms with Gasteiger partial charge in [0, 0.05) is 20.1 Å². The molecule has 0 spiro atoms. The number of hydrogen-bond acceptors (Lipinski definition) is 4. The molecule has 0 aliphatic carbocycles. The maximum absolute atomic E-state index is 11.5. The third-order valence-corrected chi connectivity index (χ3v) is 3.81. The van der Waals surface area contributed by atoms with Crippen LogP contribution < -0.4 is 0 Å². The second kappa shape index (κ2) is 4.77. The molecule has 0 aliphatic heterocycles. The van der Waals surface area contributed by atoms with Gasteiger partial charge in [-0.15, -0.1) is 6.58 Å². The molecule has 0 heterocycles. The van der Waals surface area contributed by atoms with Crippen molar-refractivity contribution in [1.29, 1.82) is 0 Å². The molecular formula is C7H15O4P.